The molecule has 0 unspecified atom stereocenters. The van der Waals surface area contributed by atoms with Gasteiger partial charge in [0.15, 0.2) is 0 Å². The summed E-state index contributed by atoms with van der Waals surface area (Å²) in [5.74, 6) is -0.458. The first-order valence-electron chi connectivity index (χ1n) is 5.32. The van der Waals surface area contributed by atoms with Crippen LogP contribution < -0.4 is 0 Å². The molecule has 0 aliphatic heterocycles. The van der Waals surface area contributed by atoms with Crippen LogP contribution in [0.15, 0.2) is 36.4 Å². The third kappa shape index (κ3) is 2.51. The Morgan fingerprint density at radius 1 is 1.28 bits per heavy atom. The van der Waals surface area contributed by atoms with Crippen LogP contribution in [0.3, 0.4) is 0 Å². The van der Waals surface area contributed by atoms with E-state index in [1.807, 2.05) is 0 Å². The quantitative estimate of drug-likeness (QED) is 0.860. The number of carbonyl (C=O) groups is 1. The highest BCUT2D eigenvalue weighted by atomic mass is 35.5. The highest BCUT2D eigenvalue weighted by Crippen LogP contribution is 2.26. The molecule has 2 aromatic carbocycles. The summed E-state index contributed by atoms with van der Waals surface area (Å²) in [5.41, 5.74) is 1.22. The number of halogens is 2. The van der Waals surface area contributed by atoms with Crippen LogP contribution in [0.4, 0.5) is 4.39 Å². The summed E-state index contributed by atoms with van der Waals surface area (Å²) in [7, 11) is 0. The summed E-state index contributed by atoms with van der Waals surface area (Å²) < 4.78 is 13.6. The van der Waals surface area contributed by atoms with Gasteiger partial charge in [-0.15, -0.1) is 0 Å². The lowest BCUT2D eigenvalue weighted by Gasteiger charge is -2.08. The molecule has 0 amide bonds. The van der Waals surface area contributed by atoms with Gasteiger partial charge in [-0.25, -0.2) is 4.39 Å². The van der Waals surface area contributed by atoms with Gasteiger partial charge in [-0.3, -0.25) is 4.79 Å². The molecule has 0 spiro atoms. The molecule has 0 saturated heterocycles. The largest absolute Gasteiger partial charge is 0.508 e. The fourth-order valence-electron chi connectivity index (χ4n) is 1.70. The molecular formula is C14H10ClFO2. The second-order valence-corrected chi connectivity index (χ2v) is 4.29. The maximum Gasteiger partial charge on any atom is 0.150 e. The van der Waals surface area contributed by atoms with Crippen molar-refractivity contribution in [2.24, 2.45) is 0 Å². The fourth-order valence-corrected chi connectivity index (χ4v) is 1.93. The molecular weight excluding hydrogens is 255 g/mol. The maximum absolute atomic E-state index is 13.6. The molecule has 0 radical (unpaired) electrons. The van der Waals surface area contributed by atoms with Crippen molar-refractivity contribution in [1.82, 2.24) is 0 Å². The van der Waals surface area contributed by atoms with Gasteiger partial charge in [-0.1, -0.05) is 29.8 Å². The van der Waals surface area contributed by atoms with Crippen LogP contribution in [0.5, 0.6) is 5.75 Å². The Kier molecular flexibility index (Phi) is 3.63. The van der Waals surface area contributed by atoms with Crippen molar-refractivity contribution < 1.29 is 14.3 Å². The van der Waals surface area contributed by atoms with Crippen molar-refractivity contribution in [3.8, 4) is 5.75 Å². The molecule has 2 nitrogen and oxygen atoms in total. The number of phenols is 1. The zero-order valence-electron chi connectivity index (χ0n) is 9.36. The Morgan fingerprint density at radius 3 is 2.67 bits per heavy atom. The molecule has 4 heteroatoms. The summed E-state index contributed by atoms with van der Waals surface area (Å²) in [6, 6.07) is 8.93. The lowest BCUT2D eigenvalue weighted by atomic mass is 10.0. The second-order valence-electron chi connectivity index (χ2n) is 3.88. The van der Waals surface area contributed by atoms with Gasteiger partial charge in [0.1, 0.15) is 17.9 Å². The van der Waals surface area contributed by atoms with Crippen molar-refractivity contribution in [1.29, 1.82) is 0 Å². The van der Waals surface area contributed by atoms with E-state index in [0.717, 1.165) is 0 Å². The van der Waals surface area contributed by atoms with E-state index in [2.05, 4.69) is 0 Å². The minimum absolute atomic E-state index is 0.0427. The minimum atomic E-state index is -0.415. The zero-order chi connectivity index (χ0) is 13.1. The molecule has 1 N–H and O–H groups in total. The third-order valence-electron chi connectivity index (χ3n) is 2.67. The first kappa shape index (κ1) is 12.6. The van der Waals surface area contributed by atoms with E-state index in [1.54, 1.807) is 18.2 Å². The molecule has 0 bridgehead atoms. The second kappa shape index (κ2) is 5.19. The number of hydrogen-bond donors (Lipinski definition) is 1. The number of carbonyl (C=O) groups excluding carboxylic acids is 1. The van der Waals surface area contributed by atoms with Crippen LogP contribution in [0.25, 0.3) is 0 Å². The molecule has 2 aromatic rings. The van der Waals surface area contributed by atoms with E-state index >= 15 is 0 Å². The number of rotatable bonds is 3. The molecule has 0 saturated carbocycles. The van der Waals surface area contributed by atoms with Gasteiger partial charge in [0, 0.05) is 22.6 Å². The zero-order valence-corrected chi connectivity index (χ0v) is 10.1. The average Bonchev–Trinajstić information content (AvgIpc) is 2.35. The molecule has 0 heterocycles. The Bertz CT molecular complexity index is 576. The molecule has 0 aliphatic rings. The molecule has 0 fully saturated rings. The van der Waals surface area contributed by atoms with Crippen LogP contribution in [-0.4, -0.2) is 11.4 Å². The molecule has 92 valence electrons. The van der Waals surface area contributed by atoms with Gasteiger partial charge in [0.2, 0.25) is 0 Å². The van der Waals surface area contributed by atoms with Crippen LogP contribution >= 0.6 is 11.6 Å². The van der Waals surface area contributed by atoms with E-state index in [4.69, 9.17) is 11.6 Å². The van der Waals surface area contributed by atoms with E-state index in [0.29, 0.717) is 28.0 Å². The van der Waals surface area contributed by atoms with Crippen molar-refractivity contribution in [2.45, 2.75) is 6.42 Å². The molecule has 0 aliphatic carbocycles. The number of hydrogen-bond acceptors (Lipinski definition) is 2. The average molecular weight is 265 g/mol. The van der Waals surface area contributed by atoms with E-state index in [-0.39, 0.29) is 12.2 Å². The SMILES string of the molecule is O=Cc1ccc(Cc2c(F)cccc2Cl)c(O)c1. The number of phenolic OH excluding ortho intramolecular Hbond substituents is 1. The number of benzene rings is 2. The summed E-state index contributed by atoms with van der Waals surface area (Å²) in [6.07, 6.45) is 0.816. The fraction of sp³-hybridized carbons (Fsp3) is 0.0714. The van der Waals surface area contributed by atoms with Gasteiger partial charge < -0.3 is 5.11 Å². The van der Waals surface area contributed by atoms with Crippen molar-refractivity contribution in [3.63, 3.8) is 0 Å². The lowest BCUT2D eigenvalue weighted by Crippen LogP contribution is -1.95. The Hall–Kier alpha value is -1.87. The van der Waals surface area contributed by atoms with E-state index in [1.165, 1.54) is 18.2 Å². The van der Waals surface area contributed by atoms with Crippen molar-refractivity contribution in [3.05, 3.63) is 63.9 Å². The highest BCUT2D eigenvalue weighted by Gasteiger charge is 2.10. The predicted molar refractivity (Wildman–Crippen MR) is 67.7 cm³/mol. The monoisotopic (exact) mass is 264 g/mol. The highest BCUT2D eigenvalue weighted by molar-refractivity contribution is 6.31. The first-order valence-corrected chi connectivity index (χ1v) is 5.69. The molecule has 0 atom stereocenters. The first-order chi connectivity index (χ1) is 8.61. The van der Waals surface area contributed by atoms with Crippen molar-refractivity contribution >= 4 is 17.9 Å². The predicted octanol–water partition coefficient (Wildman–Crippen LogP) is 3.59. The molecule has 2 rings (SSSR count). The summed E-state index contributed by atoms with van der Waals surface area (Å²) in [4.78, 5) is 10.5. The number of aromatic hydroxyl groups is 1. The van der Waals surface area contributed by atoms with Crippen LogP contribution in [-0.2, 0) is 6.42 Å². The van der Waals surface area contributed by atoms with E-state index in [9.17, 15) is 14.3 Å². The maximum atomic E-state index is 13.6. The van der Waals surface area contributed by atoms with Gasteiger partial charge in [-0.05, 0) is 23.8 Å². The van der Waals surface area contributed by atoms with Gasteiger partial charge in [0.25, 0.3) is 0 Å². The Balaban J connectivity index is 2.37. The third-order valence-corrected chi connectivity index (χ3v) is 3.03. The minimum Gasteiger partial charge on any atom is -0.508 e. The van der Waals surface area contributed by atoms with E-state index < -0.39 is 5.82 Å². The normalized spacial score (nSPS) is 10.3. The summed E-state index contributed by atoms with van der Waals surface area (Å²) in [6.45, 7) is 0. The van der Waals surface area contributed by atoms with Crippen LogP contribution in [0.2, 0.25) is 5.02 Å². The Labute approximate surface area is 109 Å². The Morgan fingerprint density at radius 2 is 2.06 bits per heavy atom. The number of aldehydes is 1. The molecule has 0 aromatic heterocycles. The molecule has 18 heavy (non-hydrogen) atoms. The lowest BCUT2D eigenvalue weighted by molar-refractivity contribution is 0.112. The van der Waals surface area contributed by atoms with Gasteiger partial charge in [0.05, 0.1) is 0 Å². The smallest absolute Gasteiger partial charge is 0.150 e. The van der Waals surface area contributed by atoms with Gasteiger partial charge in [-0.2, -0.15) is 0 Å². The van der Waals surface area contributed by atoms with Crippen LogP contribution in [0, 0.1) is 5.82 Å². The van der Waals surface area contributed by atoms with Gasteiger partial charge >= 0.3 is 0 Å². The topological polar surface area (TPSA) is 37.3 Å². The van der Waals surface area contributed by atoms with Crippen LogP contribution in [0.1, 0.15) is 21.5 Å². The summed E-state index contributed by atoms with van der Waals surface area (Å²) in [5, 5.41) is 10.1. The van der Waals surface area contributed by atoms with Crippen molar-refractivity contribution in [2.75, 3.05) is 0 Å². The standard InChI is InChI=1S/C14H10ClFO2/c15-12-2-1-3-13(16)11(12)7-10-5-4-9(8-17)6-14(10)18/h1-6,8,18H,7H2. The summed E-state index contributed by atoms with van der Waals surface area (Å²) >= 11 is 5.91.